The predicted octanol–water partition coefficient (Wildman–Crippen LogP) is 2.15. The van der Waals surface area contributed by atoms with Gasteiger partial charge in [0.1, 0.15) is 5.82 Å². The zero-order valence-corrected chi connectivity index (χ0v) is 12.9. The van der Waals surface area contributed by atoms with Crippen LogP contribution in [0.25, 0.3) is 0 Å². The fourth-order valence-corrected chi connectivity index (χ4v) is 1.99. The molecule has 0 bridgehead atoms. The van der Waals surface area contributed by atoms with Crippen LogP contribution in [0.15, 0.2) is 12.4 Å². The molecule has 2 fully saturated rings. The van der Waals surface area contributed by atoms with Crippen molar-refractivity contribution in [3.63, 3.8) is 0 Å². The number of nitrogens with zero attached hydrogens (tertiary/aromatic N) is 3. The fraction of sp³-hybridized carbons (Fsp3) is 0.750. The molecular formula is C16H26BN3O2. The second-order valence-electron chi connectivity index (χ2n) is 6.06. The maximum atomic E-state index is 8.61. The van der Waals surface area contributed by atoms with E-state index in [1.54, 1.807) is 27.7 Å². The molecule has 0 amide bonds. The van der Waals surface area contributed by atoms with Gasteiger partial charge in [-0.3, -0.25) is 4.98 Å². The molecule has 0 radical (unpaired) electrons. The first-order chi connectivity index (χ1) is 14.9. The van der Waals surface area contributed by atoms with E-state index in [-0.39, 0.29) is 10.5 Å². The number of anilines is 1. The Morgan fingerprint density at radius 3 is 2.59 bits per heavy atom. The van der Waals surface area contributed by atoms with Gasteiger partial charge in [-0.1, -0.05) is 0 Å². The highest BCUT2D eigenvalue weighted by atomic mass is 16.7. The monoisotopic (exact) mass is 315 g/mol. The summed E-state index contributed by atoms with van der Waals surface area (Å²) in [5, 5.41) is 0. The van der Waals surface area contributed by atoms with Gasteiger partial charge in [-0.25, -0.2) is 4.98 Å². The first-order valence-corrected chi connectivity index (χ1v) is 6.88. The molecule has 0 saturated carbocycles. The fourth-order valence-electron chi connectivity index (χ4n) is 1.99. The molecule has 0 aliphatic carbocycles. The predicted molar refractivity (Wildman–Crippen MR) is 88.4 cm³/mol. The van der Waals surface area contributed by atoms with Gasteiger partial charge in [0.05, 0.1) is 24.4 Å². The molecule has 5 nitrogen and oxygen atoms in total. The summed E-state index contributed by atoms with van der Waals surface area (Å²) in [5.41, 5.74) is -1.29. The van der Waals surface area contributed by atoms with Crippen LogP contribution in [0.3, 0.4) is 0 Å². The smallest absolute Gasteiger partial charge is 0.398 e. The SMILES string of the molecule is [2H]C([2H])([2H])C1([2H])N(c2cnc(B3OC(C)(C)C(C)(C)O3)cn2)C([2H])([2H])C([2H])([2H])C([2H])([2H])C1([2H])[2H]. The summed E-state index contributed by atoms with van der Waals surface area (Å²) in [6.45, 7) is 0.0818. The van der Waals surface area contributed by atoms with Crippen molar-refractivity contribution in [1.82, 2.24) is 9.97 Å². The summed E-state index contributed by atoms with van der Waals surface area (Å²) >= 11 is 0. The second kappa shape index (κ2) is 5.50. The Balaban J connectivity index is 2.17. The van der Waals surface area contributed by atoms with Crippen LogP contribution in [-0.2, 0) is 9.31 Å². The van der Waals surface area contributed by atoms with Gasteiger partial charge < -0.3 is 14.2 Å². The van der Waals surface area contributed by atoms with Crippen molar-refractivity contribution in [3.8, 4) is 0 Å². The van der Waals surface area contributed by atoms with Crippen LogP contribution in [0, 0.1) is 0 Å². The Kier molecular flexibility index (Phi) is 1.69. The third-order valence-corrected chi connectivity index (χ3v) is 4.02. The van der Waals surface area contributed by atoms with Gasteiger partial charge >= 0.3 is 7.12 Å². The first-order valence-electron chi connectivity index (χ1n) is 12.9. The zero-order chi connectivity index (χ0) is 26.6. The lowest BCUT2D eigenvalue weighted by Crippen LogP contribution is -2.41. The third kappa shape index (κ3) is 2.74. The molecule has 6 heteroatoms. The van der Waals surface area contributed by atoms with E-state index in [9.17, 15) is 0 Å². The maximum Gasteiger partial charge on any atom is 0.516 e. The molecule has 0 aromatic carbocycles. The van der Waals surface area contributed by atoms with Crippen molar-refractivity contribution < 1.29 is 25.8 Å². The Labute approximate surface area is 150 Å². The molecule has 22 heavy (non-hydrogen) atoms. The van der Waals surface area contributed by atoms with Gasteiger partial charge in [0.25, 0.3) is 0 Å². The van der Waals surface area contributed by atoms with Crippen LogP contribution in [0.1, 0.15) is 70.1 Å². The first kappa shape index (κ1) is 6.77. The molecule has 3 rings (SSSR count). The van der Waals surface area contributed by atoms with Crippen molar-refractivity contribution in [2.75, 3.05) is 11.4 Å². The Hall–Kier alpha value is -1.14. The van der Waals surface area contributed by atoms with Crippen LogP contribution in [0.4, 0.5) is 5.82 Å². The molecule has 3 heterocycles. The van der Waals surface area contributed by atoms with Crippen molar-refractivity contribution in [1.29, 1.82) is 0 Å². The van der Waals surface area contributed by atoms with Crippen molar-refractivity contribution >= 4 is 18.5 Å². The van der Waals surface area contributed by atoms with E-state index in [0.29, 0.717) is 0 Å². The lowest BCUT2D eigenvalue weighted by molar-refractivity contribution is 0.00578. The Morgan fingerprint density at radius 2 is 2.00 bits per heavy atom. The standard InChI is InChI=1S/C16H26BN3O2/c1-12-8-6-7-9-20(12)14-11-18-13(10-19-14)17-21-15(2,3)16(4,5)22-17/h10-12H,6-9H2,1-5H3/i1D3,6D2,7D2,8D2,9D2,12D. The summed E-state index contributed by atoms with van der Waals surface area (Å²) in [6.07, 6.45) is -9.08. The van der Waals surface area contributed by atoms with Crippen LogP contribution in [0.2, 0.25) is 0 Å². The molecule has 1 aromatic rings. The molecule has 1 aromatic heterocycles. The molecule has 1 unspecified atom stereocenters. The Bertz CT molecular complexity index is 953. The van der Waals surface area contributed by atoms with E-state index in [1.807, 2.05) is 0 Å². The van der Waals surface area contributed by atoms with Crippen molar-refractivity contribution in [2.24, 2.45) is 0 Å². The average molecular weight is 315 g/mol. The van der Waals surface area contributed by atoms with Crippen LogP contribution in [-0.4, -0.2) is 40.8 Å². The number of aromatic nitrogens is 2. The van der Waals surface area contributed by atoms with E-state index >= 15 is 0 Å². The van der Waals surface area contributed by atoms with Crippen LogP contribution < -0.4 is 10.5 Å². The van der Waals surface area contributed by atoms with Crippen LogP contribution >= 0.6 is 0 Å². The quantitative estimate of drug-likeness (QED) is 0.783. The molecule has 2 saturated heterocycles. The summed E-state index contributed by atoms with van der Waals surface area (Å²) in [5.74, 6) is -0.667. The summed E-state index contributed by atoms with van der Waals surface area (Å²) in [6, 6.07) is -3.61. The molecular weight excluding hydrogens is 277 g/mol. The van der Waals surface area contributed by atoms with Crippen LogP contribution in [0.5, 0.6) is 0 Å². The second-order valence-corrected chi connectivity index (χ2v) is 6.06. The minimum Gasteiger partial charge on any atom is -0.398 e. The van der Waals surface area contributed by atoms with Crippen molar-refractivity contribution in [2.45, 2.75) is 70.9 Å². The normalized spacial score (nSPS) is 48.4. The summed E-state index contributed by atoms with van der Waals surface area (Å²) in [4.78, 5) is 8.07. The Morgan fingerprint density at radius 1 is 1.27 bits per heavy atom. The maximum absolute atomic E-state index is 8.61. The van der Waals surface area contributed by atoms with Crippen molar-refractivity contribution in [3.05, 3.63) is 12.4 Å². The number of piperidine rings is 1. The average Bonchev–Trinajstić information content (AvgIpc) is 2.87. The highest BCUT2D eigenvalue weighted by Crippen LogP contribution is 2.36. The minimum absolute atomic E-state index is 0.0232. The molecule has 2 aliphatic rings. The van der Waals surface area contributed by atoms with Gasteiger partial charge in [-0.2, -0.15) is 0 Å². The highest BCUT2D eigenvalue weighted by Gasteiger charge is 2.52. The minimum atomic E-state index is -3.72. The third-order valence-electron chi connectivity index (χ3n) is 4.02. The van der Waals surface area contributed by atoms with E-state index in [1.165, 1.54) is 0 Å². The van der Waals surface area contributed by atoms with Gasteiger partial charge in [-0.15, -0.1) is 0 Å². The number of rotatable bonds is 2. The van der Waals surface area contributed by atoms with Gasteiger partial charge in [0, 0.05) is 33.8 Å². The van der Waals surface area contributed by atoms with Gasteiger partial charge in [0.15, 0.2) is 0 Å². The van der Waals surface area contributed by atoms with E-state index in [4.69, 9.17) is 25.8 Å². The molecule has 2 aliphatic heterocycles. The van der Waals surface area contributed by atoms with Gasteiger partial charge in [-0.05, 0) is 53.7 Å². The lowest BCUT2D eigenvalue weighted by atomic mass is 9.85. The van der Waals surface area contributed by atoms with E-state index < -0.39 is 62.6 Å². The van der Waals surface area contributed by atoms with E-state index in [2.05, 4.69) is 9.97 Å². The molecule has 0 N–H and O–H groups in total. The molecule has 1 atom stereocenters. The molecule has 120 valence electrons. The number of hydrogen-bond donors (Lipinski definition) is 0. The lowest BCUT2D eigenvalue weighted by Gasteiger charge is -2.34. The largest absolute Gasteiger partial charge is 0.516 e. The van der Waals surface area contributed by atoms with E-state index in [0.717, 1.165) is 12.4 Å². The summed E-state index contributed by atoms with van der Waals surface area (Å²) in [7, 11) is -0.972. The highest BCUT2D eigenvalue weighted by molar-refractivity contribution is 6.61. The molecule has 0 spiro atoms. The zero-order valence-electron chi connectivity index (χ0n) is 24.9. The van der Waals surface area contributed by atoms with Gasteiger partial charge in [0.2, 0.25) is 0 Å². The summed E-state index contributed by atoms with van der Waals surface area (Å²) < 4.78 is 109. The number of hydrogen-bond acceptors (Lipinski definition) is 5. The topological polar surface area (TPSA) is 47.5 Å².